The first-order valence-corrected chi connectivity index (χ1v) is 10.5. The highest BCUT2D eigenvalue weighted by Gasteiger charge is 2.20. The Labute approximate surface area is 156 Å². The molecule has 26 heavy (non-hydrogen) atoms. The van der Waals surface area contributed by atoms with E-state index in [1.807, 2.05) is 19.2 Å². The van der Waals surface area contributed by atoms with Crippen molar-refractivity contribution < 1.29 is 13.2 Å². The molecule has 0 atom stereocenters. The lowest BCUT2D eigenvalue weighted by Gasteiger charge is -2.01. The van der Waals surface area contributed by atoms with Gasteiger partial charge < -0.3 is 4.98 Å². The predicted molar refractivity (Wildman–Crippen MR) is 103 cm³/mol. The zero-order valence-corrected chi connectivity index (χ0v) is 16.3. The van der Waals surface area contributed by atoms with Gasteiger partial charge in [0.15, 0.2) is 5.78 Å². The first-order valence-electron chi connectivity index (χ1n) is 8.04. The number of thiazole rings is 1. The maximum absolute atomic E-state index is 11.9. The molecular formula is C18H19N3O3S2. The Bertz CT molecular complexity index is 1080. The number of hydrogen-bond donors (Lipinski definition) is 2. The fourth-order valence-corrected chi connectivity index (χ4v) is 4.37. The van der Waals surface area contributed by atoms with Crippen LogP contribution in [0.4, 0.5) is 0 Å². The molecule has 0 unspecified atom stereocenters. The van der Waals surface area contributed by atoms with Crippen molar-refractivity contribution in [2.45, 2.75) is 32.1 Å². The van der Waals surface area contributed by atoms with E-state index in [4.69, 9.17) is 5.14 Å². The third-order valence-corrected chi connectivity index (χ3v) is 6.01. The number of rotatable bonds is 5. The number of hydrogen-bond acceptors (Lipinski definition) is 5. The minimum Gasteiger partial charge on any atom is -0.356 e. The molecule has 8 heteroatoms. The van der Waals surface area contributed by atoms with E-state index in [2.05, 4.69) is 9.97 Å². The van der Waals surface area contributed by atoms with Gasteiger partial charge in [-0.15, -0.1) is 11.3 Å². The maximum atomic E-state index is 11.9. The second-order valence-electron chi connectivity index (χ2n) is 6.00. The predicted octanol–water partition coefficient (Wildman–Crippen LogP) is 3.53. The van der Waals surface area contributed by atoms with Gasteiger partial charge in [0.2, 0.25) is 10.0 Å². The Morgan fingerprint density at radius 3 is 2.46 bits per heavy atom. The topological polar surface area (TPSA) is 106 Å². The maximum Gasteiger partial charge on any atom is 0.238 e. The number of aromatic amines is 1. The van der Waals surface area contributed by atoms with Crippen LogP contribution < -0.4 is 5.14 Å². The standard InChI is InChI=1S/C18H19N3O3S2/c1-4-14-16(11(3)22)10(2)20-17(14)15-9-25-18(21-15)12-5-7-13(8-6-12)26(19,23)24/h5-9,20H,4H2,1-3H3,(H2,19,23,24). The molecule has 0 saturated heterocycles. The van der Waals surface area contributed by atoms with Gasteiger partial charge in [0.1, 0.15) is 5.01 Å². The molecule has 0 amide bonds. The molecule has 2 aromatic heterocycles. The summed E-state index contributed by atoms with van der Waals surface area (Å²) >= 11 is 1.46. The molecule has 0 spiro atoms. The van der Waals surface area contributed by atoms with E-state index in [-0.39, 0.29) is 10.7 Å². The fourth-order valence-electron chi connectivity index (χ4n) is 3.03. The number of aryl methyl sites for hydroxylation is 1. The lowest BCUT2D eigenvalue weighted by atomic mass is 10.0. The van der Waals surface area contributed by atoms with E-state index in [0.29, 0.717) is 0 Å². The van der Waals surface area contributed by atoms with Crippen LogP contribution in [0.3, 0.4) is 0 Å². The summed E-state index contributed by atoms with van der Waals surface area (Å²) in [6, 6.07) is 6.31. The Balaban J connectivity index is 2.01. The molecule has 3 aromatic rings. The molecular weight excluding hydrogens is 370 g/mol. The summed E-state index contributed by atoms with van der Waals surface area (Å²) in [6.45, 7) is 5.47. The summed E-state index contributed by atoms with van der Waals surface area (Å²) in [5.74, 6) is 0.0379. The molecule has 0 bridgehead atoms. The van der Waals surface area contributed by atoms with Gasteiger partial charge in [-0.05, 0) is 38.0 Å². The number of nitrogens with one attached hydrogen (secondary N) is 1. The minimum atomic E-state index is -3.71. The lowest BCUT2D eigenvalue weighted by molar-refractivity contribution is 0.101. The third-order valence-electron chi connectivity index (χ3n) is 4.19. The van der Waals surface area contributed by atoms with E-state index in [9.17, 15) is 13.2 Å². The van der Waals surface area contributed by atoms with E-state index in [1.54, 1.807) is 19.1 Å². The van der Waals surface area contributed by atoms with E-state index in [1.165, 1.54) is 23.5 Å². The van der Waals surface area contributed by atoms with Crippen LogP contribution in [0.5, 0.6) is 0 Å². The molecule has 3 rings (SSSR count). The first kappa shape index (κ1) is 18.5. The third kappa shape index (κ3) is 3.35. The number of primary sulfonamides is 1. The molecule has 6 nitrogen and oxygen atoms in total. The van der Waals surface area contributed by atoms with Crippen LogP contribution in [-0.4, -0.2) is 24.2 Å². The Hall–Kier alpha value is -2.29. The number of nitrogens with two attached hydrogens (primary N) is 1. The SMILES string of the molecule is CCc1c(-c2csc(-c3ccc(S(N)(=O)=O)cc3)n2)[nH]c(C)c1C(C)=O. The zero-order valence-electron chi connectivity index (χ0n) is 14.7. The highest BCUT2D eigenvalue weighted by molar-refractivity contribution is 7.89. The molecule has 0 aliphatic rings. The van der Waals surface area contributed by atoms with Crippen molar-refractivity contribution in [1.29, 1.82) is 0 Å². The summed E-state index contributed by atoms with van der Waals surface area (Å²) in [4.78, 5) is 19.9. The molecule has 0 fully saturated rings. The van der Waals surface area contributed by atoms with Gasteiger partial charge in [0, 0.05) is 22.2 Å². The van der Waals surface area contributed by atoms with Crippen LogP contribution in [0.2, 0.25) is 0 Å². The second kappa shape index (κ2) is 6.79. The highest BCUT2D eigenvalue weighted by Crippen LogP contribution is 2.33. The average molecular weight is 390 g/mol. The van der Waals surface area contributed by atoms with Gasteiger partial charge in [0.05, 0.1) is 16.3 Å². The molecule has 0 radical (unpaired) electrons. The Morgan fingerprint density at radius 1 is 1.27 bits per heavy atom. The van der Waals surface area contributed by atoms with Gasteiger partial charge in [0.25, 0.3) is 0 Å². The Kier molecular flexibility index (Phi) is 4.83. The molecule has 0 aliphatic heterocycles. The van der Waals surface area contributed by atoms with Gasteiger partial charge in [-0.2, -0.15) is 0 Å². The van der Waals surface area contributed by atoms with Crippen LogP contribution in [0.25, 0.3) is 22.0 Å². The number of aromatic nitrogens is 2. The fraction of sp³-hybridized carbons (Fsp3) is 0.222. The molecule has 1 aromatic carbocycles. The number of Topliss-reactive ketones (excluding diaryl/α,β-unsaturated/α-hetero) is 1. The number of carbonyl (C=O) groups excluding carboxylic acids is 1. The number of ketones is 1. The molecule has 0 aliphatic carbocycles. The number of sulfonamides is 1. The summed E-state index contributed by atoms with van der Waals surface area (Å²) in [5, 5.41) is 7.82. The summed E-state index contributed by atoms with van der Waals surface area (Å²) in [7, 11) is -3.71. The summed E-state index contributed by atoms with van der Waals surface area (Å²) in [5.41, 5.74) is 4.98. The number of H-pyrrole nitrogens is 1. The van der Waals surface area contributed by atoms with Crippen molar-refractivity contribution in [2.24, 2.45) is 5.14 Å². The normalized spacial score (nSPS) is 11.7. The molecule has 2 heterocycles. The first-order chi connectivity index (χ1) is 12.2. The van der Waals surface area contributed by atoms with Crippen molar-refractivity contribution in [1.82, 2.24) is 9.97 Å². The van der Waals surface area contributed by atoms with Crippen LogP contribution in [0.15, 0.2) is 34.5 Å². The Morgan fingerprint density at radius 2 is 1.92 bits per heavy atom. The van der Waals surface area contributed by atoms with Crippen LogP contribution in [-0.2, 0) is 16.4 Å². The summed E-state index contributed by atoms with van der Waals surface area (Å²) in [6.07, 6.45) is 0.727. The van der Waals surface area contributed by atoms with Crippen LogP contribution in [0, 0.1) is 6.92 Å². The smallest absolute Gasteiger partial charge is 0.238 e. The molecule has 0 saturated carbocycles. The van der Waals surface area contributed by atoms with E-state index >= 15 is 0 Å². The largest absolute Gasteiger partial charge is 0.356 e. The van der Waals surface area contributed by atoms with Gasteiger partial charge >= 0.3 is 0 Å². The number of carbonyl (C=O) groups is 1. The monoisotopic (exact) mass is 389 g/mol. The van der Waals surface area contributed by atoms with E-state index in [0.717, 1.165) is 45.2 Å². The van der Waals surface area contributed by atoms with Crippen LogP contribution in [0.1, 0.15) is 35.5 Å². The molecule has 136 valence electrons. The van der Waals surface area contributed by atoms with Gasteiger partial charge in [-0.25, -0.2) is 18.5 Å². The minimum absolute atomic E-state index is 0.0379. The summed E-state index contributed by atoms with van der Waals surface area (Å²) < 4.78 is 22.7. The zero-order chi connectivity index (χ0) is 19.1. The highest BCUT2D eigenvalue weighted by atomic mass is 32.2. The number of nitrogens with zero attached hydrogens (tertiary/aromatic N) is 1. The van der Waals surface area contributed by atoms with Crippen LogP contribution >= 0.6 is 11.3 Å². The average Bonchev–Trinajstić information content (AvgIpc) is 3.18. The number of benzene rings is 1. The van der Waals surface area contributed by atoms with Gasteiger partial charge in [-0.1, -0.05) is 19.1 Å². The lowest BCUT2D eigenvalue weighted by Crippen LogP contribution is -2.11. The van der Waals surface area contributed by atoms with Crippen molar-refractivity contribution in [3.63, 3.8) is 0 Å². The van der Waals surface area contributed by atoms with Gasteiger partial charge in [-0.3, -0.25) is 4.79 Å². The van der Waals surface area contributed by atoms with Crippen molar-refractivity contribution in [2.75, 3.05) is 0 Å². The van der Waals surface area contributed by atoms with Crippen molar-refractivity contribution in [3.8, 4) is 22.0 Å². The van der Waals surface area contributed by atoms with Crippen molar-refractivity contribution in [3.05, 3.63) is 46.5 Å². The van der Waals surface area contributed by atoms with Crippen molar-refractivity contribution >= 4 is 27.1 Å². The van der Waals surface area contributed by atoms with E-state index < -0.39 is 10.0 Å². The quantitative estimate of drug-likeness (QED) is 0.651. The second-order valence-corrected chi connectivity index (χ2v) is 8.42. The molecule has 3 N–H and O–H groups in total.